The molecule has 0 radical (unpaired) electrons. The number of aliphatic hydroxyl groups is 1. The van der Waals surface area contributed by atoms with Gasteiger partial charge >= 0.3 is 0 Å². The molecule has 3 rings (SSSR count). The molecule has 0 aliphatic carbocycles. The number of likely N-dealkylation sites (N-methyl/N-ethyl adjacent to an activating group) is 1. The van der Waals surface area contributed by atoms with Crippen LogP contribution in [0.25, 0.3) is 0 Å². The molecule has 2 aliphatic rings. The minimum Gasteiger partial charge on any atom is -0.493 e. The van der Waals surface area contributed by atoms with E-state index in [1.54, 1.807) is 0 Å². The standard InChI is InChI=1S/C16H23NO3/c1-17(12-16(18)6-8-19-9-7-16)10-13-11-20-15-5-3-2-4-14(13)15/h2-5,13,18H,6-12H2,1H3. The maximum Gasteiger partial charge on any atom is 0.122 e. The van der Waals surface area contributed by atoms with Gasteiger partial charge in [0.1, 0.15) is 5.75 Å². The summed E-state index contributed by atoms with van der Waals surface area (Å²) in [6, 6.07) is 8.24. The monoisotopic (exact) mass is 277 g/mol. The van der Waals surface area contributed by atoms with Crippen molar-refractivity contribution in [3.05, 3.63) is 29.8 Å². The van der Waals surface area contributed by atoms with Crippen molar-refractivity contribution in [2.24, 2.45) is 0 Å². The topological polar surface area (TPSA) is 41.9 Å². The Bertz CT molecular complexity index is 457. The zero-order valence-corrected chi connectivity index (χ0v) is 12.0. The summed E-state index contributed by atoms with van der Waals surface area (Å²) in [4.78, 5) is 2.22. The van der Waals surface area contributed by atoms with Crippen LogP contribution in [-0.2, 0) is 4.74 Å². The van der Waals surface area contributed by atoms with Gasteiger partial charge in [0, 0.05) is 50.6 Å². The quantitative estimate of drug-likeness (QED) is 0.908. The van der Waals surface area contributed by atoms with Gasteiger partial charge in [-0.2, -0.15) is 0 Å². The summed E-state index contributed by atoms with van der Waals surface area (Å²) in [7, 11) is 2.08. The number of benzene rings is 1. The van der Waals surface area contributed by atoms with E-state index in [1.165, 1.54) is 5.56 Å². The third-order valence-corrected chi connectivity index (χ3v) is 4.32. The molecule has 1 N–H and O–H groups in total. The van der Waals surface area contributed by atoms with Crippen LogP contribution in [0.1, 0.15) is 24.3 Å². The lowest BCUT2D eigenvalue weighted by atomic mass is 9.93. The zero-order valence-electron chi connectivity index (χ0n) is 12.0. The fraction of sp³-hybridized carbons (Fsp3) is 0.625. The molecule has 110 valence electrons. The second kappa shape index (κ2) is 5.72. The van der Waals surface area contributed by atoms with Gasteiger partial charge in [-0.05, 0) is 13.1 Å². The minimum atomic E-state index is -0.591. The fourth-order valence-corrected chi connectivity index (χ4v) is 3.23. The summed E-state index contributed by atoms with van der Waals surface area (Å²) in [6.45, 7) is 3.69. The molecule has 2 heterocycles. The summed E-state index contributed by atoms with van der Waals surface area (Å²) in [5.41, 5.74) is 0.699. The Morgan fingerprint density at radius 3 is 2.85 bits per heavy atom. The van der Waals surface area contributed by atoms with Gasteiger partial charge < -0.3 is 19.5 Å². The third-order valence-electron chi connectivity index (χ3n) is 4.32. The molecule has 4 nitrogen and oxygen atoms in total. The number of nitrogens with zero attached hydrogens (tertiary/aromatic N) is 1. The lowest BCUT2D eigenvalue weighted by Crippen LogP contribution is -2.46. The lowest BCUT2D eigenvalue weighted by molar-refractivity contribution is -0.0773. The van der Waals surface area contributed by atoms with Crippen LogP contribution in [0, 0.1) is 0 Å². The first-order valence-corrected chi connectivity index (χ1v) is 7.37. The number of ether oxygens (including phenoxy) is 2. The molecule has 0 amide bonds. The second-order valence-electron chi connectivity index (χ2n) is 6.08. The Morgan fingerprint density at radius 2 is 2.05 bits per heavy atom. The first kappa shape index (κ1) is 13.9. The van der Waals surface area contributed by atoms with Crippen molar-refractivity contribution in [2.45, 2.75) is 24.4 Å². The van der Waals surface area contributed by atoms with Crippen LogP contribution < -0.4 is 4.74 Å². The average Bonchev–Trinajstić information content (AvgIpc) is 2.82. The summed E-state index contributed by atoms with van der Waals surface area (Å²) >= 11 is 0. The maximum absolute atomic E-state index is 10.6. The van der Waals surface area contributed by atoms with Crippen LogP contribution in [-0.4, -0.2) is 55.6 Å². The molecule has 20 heavy (non-hydrogen) atoms. The van der Waals surface area contributed by atoms with Gasteiger partial charge in [0.2, 0.25) is 0 Å². The Labute approximate surface area is 120 Å². The number of hydrogen-bond acceptors (Lipinski definition) is 4. The molecule has 1 fully saturated rings. The third kappa shape index (κ3) is 2.97. The summed E-state index contributed by atoms with van der Waals surface area (Å²) in [6.07, 6.45) is 1.46. The number of fused-ring (bicyclic) bond motifs is 1. The molecular formula is C16H23NO3. The molecule has 1 aromatic carbocycles. The molecule has 4 heteroatoms. The highest BCUT2D eigenvalue weighted by Gasteiger charge is 2.32. The van der Waals surface area contributed by atoms with Crippen molar-refractivity contribution in [1.82, 2.24) is 4.90 Å². The second-order valence-corrected chi connectivity index (χ2v) is 6.08. The highest BCUT2D eigenvalue weighted by Crippen LogP contribution is 2.34. The van der Waals surface area contributed by atoms with Crippen LogP contribution in [0.2, 0.25) is 0 Å². The van der Waals surface area contributed by atoms with E-state index in [0.29, 0.717) is 25.7 Å². The van der Waals surface area contributed by atoms with Gasteiger partial charge in [-0.15, -0.1) is 0 Å². The van der Waals surface area contributed by atoms with Crippen LogP contribution in [0.4, 0.5) is 0 Å². The van der Waals surface area contributed by atoms with Crippen molar-refractivity contribution < 1.29 is 14.6 Å². The normalized spacial score (nSPS) is 24.4. The molecule has 0 aromatic heterocycles. The van der Waals surface area contributed by atoms with E-state index in [4.69, 9.17) is 9.47 Å². The van der Waals surface area contributed by atoms with Gasteiger partial charge in [-0.1, -0.05) is 18.2 Å². The smallest absolute Gasteiger partial charge is 0.122 e. The van der Waals surface area contributed by atoms with Crippen LogP contribution in [0.5, 0.6) is 5.75 Å². The molecule has 0 bridgehead atoms. The highest BCUT2D eigenvalue weighted by molar-refractivity contribution is 5.39. The first-order chi connectivity index (χ1) is 9.66. The van der Waals surface area contributed by atoms with Gasteiger partial charge in [0.05, 0.1) is 12.2 Å². The van der Waals surface area contributed by atoms with E-state index in [-0.39, 0.29) is 0 Å². The van der Waals surface area contributed by atoms with Crippen molar-refractivity contribution in [3.63, 3.8) is 0 Å². The van der Waals surface area contributed by atoms with Crippen LogP contribution in [0.3, 0.4) is 0 Å². The van der Waals surface area contributed by atoms with Crippen molar-refractivity contribution in [2.75, 3.05) is 40.0 Å². The molecule has 1 saturated heterocycles. The molecule has 1 unspecified atom stereocenters. The van der Waals surface area contributed by atoms with Crippen molar-refractivity contribution in [3.8, 4) is 5.75 Å². The molecule has 2 aliphatic heterocycles. The Balaban J connectivity index is 1.58. The largest absolute Gasteiger partial charge is 0.493 e. The average molecular weight is 277 g/mol. The highest BCUT2D eigenvalue weighted by atomic mass is 16.5. The number of rotatable bonds is 4. The molecule has 0 spiro atoms. The molecular weight excluding hydrogens is 254 g/mol. The van der Waals surface area contributed by atoms with E-state index in [1.807, 2.05) is 12.1 Å². The molecule has 1 aromatic rings. The summed E-state index contributed by atoms with van der Waals surface area (Å²) in [5.74, 6) is 1.41. The van der Waals surface area contributed by atoms with Gasteiger partial charge in [-0.25, -0.2) is 0 Å². The van der Waals surface area contributed by atoms with Gasteiger partial charge in [0.25, 0.3) is 0 Å². The van der Waals surface area contributed by atoms with Crippen LogP contribution >= 0.6 is 0 Å². The lowest BCUT2D eigenvalue weighted by Gasteiger charge is -2.36. The number of hydrogen-bond donors (Lipinski definition) is 1. The van der Waals surface area contributed by atoms with E-state index in [2.05, 4.69) is 24.1 Å². The van der Waals surface area contributed by atoms with E-state index in [0.717, 1.165) is 31.7 Å². The van der Waals surface area contributed by atoms with Crippen molar-refractivity contribution in [1.29, 1.82) is 0 Å². The first-order valence-electron chi connectivity index (χ1n) is 7.37. The number of para-hydroxylation sites is 1. The SMILES string of the molecule is CN(CC1COc2ccccc21)CC1(O)CCOCC1. The molecule has 1 atom stereocenters. The van der Waals surface area contributed by atoms with Gasteiger partial charge in [-0.3, -0.25) is 0 Å². The minimum absolute atomic E-state index is 0.402. The van der Waals surface area contributed by atoms with E-state index >= 15 is 0 Å². The predicted molar refractivity (Wildman–Crippen MR) is 77.2 cm³/mol. The predicted octanol–water partition coefficient (Wildman–Crippen LogP) is 1.64. The van der Waals surface area contributed by atoms with E-state index in [9.17, 15) is 5.11 Å². The Morgan fingerprint density at radius 1 is 1.30 bits per heavy atom. The Kier molecular flexibility index (Phi) is 3.96. The maximum atomic E-state index is 10.6. The molecule has 0 saturated carbocycles. The fourth-order valence-electron chi connectivity index (χ4n) is 3.23. The summed E-state index contributed by atoms with van der Waals surface area (Å²) < 4.78 is 11.0. The van der Waals surface area contributed by atoms with Crippen LogP contribution in [0.15, 0.2) is 24.3 Å². The zero-order chi connectivity index (χ0) is 14.0. The van der Waals surface area contributed by atoms with E-state index < -0.39 is 5.60 Å². The van der Waals surface area contributed by atoms with Gasteiger partial charge in [0.15, 0.2) is 0 Å². The van der Waals surface area contributed by atoms with Crippen molar-refractivity contribution >= 4 is 0 Å². The summed E-state index contributed by atoms with van der Waals surface area (Å²) in [5, 5.41) is 10.6. The Hall–Kier alpha value is -1.10.